The second-order valence-electron chi connectivity index (χ2n) is 6.22. The predicted octanol–water partition coefficient (Wildman–Crippen LogP) is 1.08. The fourth-order valence-corrected chi connectivity index (χ4v) is 3.06. The van der Waals surface area contributed by atoms with Gasteiger partial charge in [-0.05, 0) is 31.4 Å². The van der Waals surface area contributed by atoms with Gasteiger partial charge in [0.2, 0.25) is 11.8 Å². The number of likely N-dealkylation sites (tertiary alicyclic amines) is 1. The Labute approximate surface area is 140 Å². The van der Waals surface area contributed by atoms with Gasteiger partial charge in [0.15, 0.2) is 0 Å². The molecule has 2 aliphatic rings. The molecule has 0 aliphatic carbocycles. The number of anilines is 1. The molecule has 1 unspecified atom stereocenters. The van der Waals surface area contributed by atoms with E-state index in [4.69, 9.17) is 0 Å². The van der Waals surface area contributed by atoms with Crippen molar-refractivity contribution in [1.29, 1.82) is 0 Å². The van der Waals surface area contributed by atoms with E-state index < -0.39 is 6.04 Å². The van der Waals surface area contributed by atoms with E-state index in [1.807, 2.05) is 30.3 Å². The number of amides is 4. The Balaban J connectivity index is 1.43. The lowest BCUT2D eigenvalue weighted by Gasteiger charge is -2.32. The third-order valence-corrected chi connectivity index (χ3v) is 4.47. The average Bonchev–Trinajstić information content (AvgIpc) is 3.03. The van der Waals surface area contributed by atoms with Crippen molar-refractivity contribution in [3.63, 3.8) is 0 Å². The van der Waals surface area contributed by atoms with E-state index >= 15 is 0 Å². The van der Waals surface area contributed by atoms with E-state index in [1.165, 1.54) is 0 Å². The molecule has 2 heterocycles. The first-order valence-electron chi connectivity index (χ1n) is 8.32. The van der Waals surface area contributed by atoms with E-state index in [9.17, 15) is 14.4 Å². The molecular weight excluding hydrogens is 308 g/mol. The summed E-state index contributed by atoms with van der Waals surface area (Å²) in [5.41, 5.74) is 0.773. The molecule has 0 saturated carbocycles. The first-order chi connectivity index (χ1) is 11.6. The number of hydrogen-bond acceptors (Lipinski definition) is 3. The van der Waals surface area contributed by atoms with Crippen LogP contribution in [0.4, 0.5) is 10.5 Å². The number of urea groups is 1. The zero-order chi connectivity index (χ0) is 16.9. The van der Waals surface area contributed by atoms with Gasteiger partial charge in [0.25, 0.3) is 0 Å². The van der Waals surface area contributed by atoms with Gasteiger partial charge in [-0.15, -0.1) is 0 Å². The first-order valence-corrected chi connectivity index (χ1v) is 8.32. The quantitative estimate of drug-likeness (QED) is 0.774. The summed E-state index contributed by atoms with van der Waals surface area (Å²) < 4.78 is 0. The molecule has 2 aliphatic heterocycles. The van der Waals surface area contributed by atoms with Gasteiger partial charge in [0, 0.05) is 31.2 Å². The molecule has 7 nitrogen and oxygen atoms in total. The zero-order valence-corrected chi connectivity index (χ0v) is 13.5. The Kier molecular flexibility index (Phi) is 4.98. The minimum Gasteiger partial charge on any atom is -0.351 e. The van der Waals surface area contributed by atoms with Gasteiger partial charge >= 0.3 is 6.03 Å². The van der Waals surface area contributed by atoms with Gasteiger partial charge in [0.1, 0.15) is 6.04 Å². The Morgan fingerprint density at radius 1 is 1.08 bits per heavy atom. The van der Waals surface area contributed by atoms with Crippen molar-refractivity contribution in [2.24, 2.45) is 0 Å². The Hall–Kier alpha value is -2.57. The van der Waals surface area contributed by atoms with Gasteiger partial charge in [-0.2, -0.15) is 0 Å². The molecule has 2 saturated heterocycles. The van der Waals surface area contributed by atoms with E-state index in [0.29, 0.717) is 38.8 Å². The summed E-state index contributed by atoms with van der Waals surface area (Å²) in [4.78, 5) is 37.3. The molecule has 7 heteroatoms. The Morgan fingerprint density at radius 2 is 1.79 bits per heavy atom. The van der Waals surface area contributed by atoms with Crippen molar-refractivity contribution >= 4 is 23.5 Å². The van der Waals surface area contributed by atoms with Gasteiger partial charge < -0.3 is 20.9 Å². The van der Waals surface area contributed by atoms with Crippen molar-refractivity contribution in [2.75, 3.05) is 18.4 Å². The molecule has 2 fully saturated rings. The number of rotatable bonds is 3. The normalized spacial score (nSPS) is 21.2. The lowest BCUT2D eigenvalue weighted by Crippen LogP contribution is -2.51. The SMILES string of the molecule is O=C1CCC(C(=O)NC2CCN(C(=O)Nc3ccccc3)CC2)N1. The molecule has 128 valence electrons. The van der Waals surface area contributed by atoms with Crippen LogP contribution in [0.5, 0.6) is 0 Å². The summed E-state index contributed by atoms with van der Waals surface area (Å²) in [6.07, 6.45) is 2.41. The topological polar surface area (TPSA) is 90.5 Å². The maximum absolute atomic E-state index is 12.2. The number of carbonyl (C=O) groups excluding carboxylic acids is 3. The van der Waals surface area contributed by atoms with Crippen LogP contribution in [0.1, 0.15) is 25.7 Å². The maximum Gasteiger partial charge on any atom is 0.321 e. The molecular formula is C17H22N4O3. The number of benzene rings is 1. The highest BCUT2D eigenvalue weighted by atomic mass is 16.2. The Bertz CT molecular complexity index is 612. The molecule has 24 heavy (non-hydrogen) atoms. The zero-order valence-electron chi connectivity index (χ0n) is 13.5. The molecule has 1 aromatic rings. The van der Waals surface area contributed by atoms with Crippen LogP contribution in [0.15, 0.2) is 30.3 Å². The summed E-state index contributed by atoms with van der Waals surface area (Å²) >= 11 is 0. The number of nitrogens with one attached hydrogen (secondary N) is 3. The van der Waals surface area contributed by atoms with Crippen molar-refractivity contribution in [3.8, 4) is 0 Å². The van der Waals surface area contributed by atoms with E-state index in [1.54, 1.807) is 4.90 Å². The summed E-state index contributed by atoms with van der Waals surface area (Å²) in [5.74, 6) is -0.185. The molecule has 0 spiro atoms. The van der Waals surface area contributed by atoms with Crippen LogP contribution in [0.2, 0.25) is 0 Å². The van der Waals surface area contributed by atoms with Gasteiger partial charge in [-0.1, -0.05) is 18.2 Å². The smallest absolute Gasteiger partial charge is 0.321 e. The molecule has 3 N–H and O–H groups in total. The summed E-state index contributed by atoms with van der Waals surface area (Å²) in [7, 11) is 0. The van der Waals surface area contributed by atoms with Crippen molar-refractivity contribution < 1.29 is 14.4 Å². The fourth-order valence-electron chi connectivity index (χ4n) is 3.06. The van der Waals surface area contributed by atoms with Crippen molar-refractivity contribution in [2.45, 2.75) is 37.8 Å². The number of nitrogens with zero attached hydrogens (tertiary/aromatic N) is 1. The highest BCUT2D eigenvalue weighted by Crippen LogP contribution is 2.14. The molecule has 0 bridgehead atoms. The lowest BCUT2D eigenvalue weighted by atomic mass is 10.0. The molecule has 0 aromatic heterocycles. The first kappa shape index (κ1) is 16.3. The monoisotopic (exact) mass is 330 g/mol. The van der Waals surface area contributed by atoms with Crippen LogP contribution >= 0.6 is 0 Å². The van der Waals surface area contributed by atoms with Crippen LogP contribution < -0.4 is 16.0 Å². The molecule has 1 atom stereocenters. The van der Waals surface area contributed by atoms with Crippen LogP contribution in [0, 0.1) is 0 Å². The number of piperidine rings is 1. The minimum atomic E-state index is -0.406. The van der Waals surface area contributed by atoms with Crippen molar-refractivity contribution in [1.82, 2.24) is 15.5 Å². The van der Waals surface area contributed by atoms with Crippen LogP contribution in [0.3, 0.4) is 0 Å². The highest BCUT2D eigenvalue weighted by molar-refractivity contribution is 5.91. The number of hydrogen-bond donors (Lipinski definition) is 3. The van der Waals surface area contributed by atoms with E-state index in [2.05, 4.69) is 16.0 Å². The Morgan fingerprint density at radius 3 is 2.42 bits per heavy atom. The predicted molar refractivity (Wildman–Crippen MR) is 89.4 cm³/mol. The largest absolute Gasteiger partial charge is 0.351 e. The number of para-hydroxylation sites is 1. The van der Waals surface area contributed by atoms with Crippen LogP contribution in [0.25, 0.3) is 0 Å². The molecule has 3 rings (SSSR count). The van der Waals surface area contributed by atoms with Gasteiger partial charge in [-0.25, -0.2) is 4.79 Å². The van der Waals surface area contributed by atoms with E-state index in [-0.39, 0.29) is 23.9 Å². The standard InChI is InChI=1S/C17H22N4O3/c22-15-7-6-14(20-15)16(23)18-13-8-10-21(11-9-13)17(24)19-12-4-2-1-3-5-12/h1-5,13-14H,6-11H2,(H,18,23)(H,19,24)(H,20,22). The summed E-state index contributed by atoms with van der Waals surface area (Å²) in [5, 5.41) is 8.52. The average molecular weight is 330 g/mol. The third-order valence-electron chi connectivity index (χ3n) is 4.47. The van der Waals surface area contributed by atoms with Crippen LogP contribution in [-0.4, -0.2) is 47.9 Å². The van der Waals surface area contributed by atoms with Crippen molar-refractivity contribution in [3.05, 3.63) is 30.3 Å². The number of carbonyl (C=O) groups is 3. The third kappa shape index (κ3) is 4.04. The molecule has 4 amide bonds. The molecule has 0 radical (unpaired) electrons. The minimum absolute atomic E-state index is 0.0516. The molecule has 1 aromatic carbocycles. The van der Waals surface area contributed by atoms with Gasteiger partial charge in [0.05, 0.1) is 0 Å². The summed E-state index contributed by atoms with van der Waals surface area (Å²) in [6.45, 7) is 1.20. The second kappa shape index (κ2) is 7.33. The van der Waals surface area contributed by atoms with Gasteiger partial charge in [-0.3, -0.25) is 9.59 Å². The second-order valence-corrected chi connectivity index (χ2v) is 6.22. The maximum atomic E-state index is 12.2. The lowest BCUT2D eigenvalue weighted by molar-refractivity contribution is -0.126. The fraction of sp³-hybridized carbons (Fsp3) is 0.471. The van der Waals surface area contributed by atoms with E-state index in [0.717, 1.165) is 5.69 Å². The summed E-state index contributed by atoms with van der Waals surface area (Å²) in [6, 6.07) is 8.87. The van der Waals surface area contributed by atoms with Crippen LogP contribution in [-0.2, 0) is 9.59 Å². The highest BCUT2D eigenvalue weighted by Gasteiger charge is 2.30.